The van der Waals surface area contributed by atoms with E-state index in [4.69, 9.17) is 21.7 Å². The van der Waals surface area contributed by atoms with Crippen LogP contribution >= 0.6 is 40.6 Å². The number of aromatic nitrogens is 3. The third-order valence-corrected chi connectivity index (χ3v) is 5.57. The minimum absolute atomic E-state index is 0. The highest BCUT2D eigenvalue weighted by atomic mass is 79.9. The quantitative estimate of drug-likeness (QED) is 0.431. The van der Waals surface area contributed by atoms with Crippen molar-refractivity contribution in [1.82, 2.24) is 20.2 Å². The van der Waals surface area contributed by atoms with Gasteiger partial charge in [0.05, 0.1) is 17.6 Å². The summed E-state index contributed by atoms with van der Waals surface area (Å²) in [4.78, 5) is 12.3. The van der Waals surface area contributed by atoms with Crippen molar-refractivity contribution in [2.24, 2.45) is 0 Å². The van der Waals surface area contributed by atoms with Gasteiger partial charge in [0.25, 0.3) is 5.91 Å². The lowest BCUT2D eigenvalue weighted by molar-refractivity contribution is -0.124. The van der Waals surface area contributed by atoms with Gasteiger partial charge in [-0.25, -0.2) is 4.68 Å². The molecule has 0 aliphatic heterocycles. The molecule has 166 valence electrons. The molecule has 0 unspecified atom stereocenters. The summed E-state index contributed by atoms with van der Waals surface area (Å²) in [5.74, 6) is 1.00. The van der Waals surface area contributed by atoms with Crippen LogP contribution in [0.3, 0.4) is 0 Å². The molecule has 1 fully saturated rings. The molecule has 0 saturated heterocycles. The molecule has 1 aliphatic carbocycles. The predicted octanol–water partition coefficient (Wildman–Crippen LogP) is 4.10. The lowest BCUT2D eigenvalue weighted by atomic mass is 9.95. The molecular weight excluding hydrogens is 494 g/mol. The molecule has 8 nitrogen and oxygen atoms in total. The molecule has 3 N–H and O–H groups in total. The Hall–Kier alpha value is -1.78. The Morgan fingerprint density at radius 3 is 2.77 bits per heavy atom. The Kier molecular flexibility index (Phi) is 9.93. The summed E-state index contributed by atoms with van der Waals surface area (Å²) >= 11 is 8.66. The zero-order valence-corrected chi connectivity index (χ0v) is 20.0. The summed E-state index contributed by atoms with van der Waals surface area (Å²) in [7, 11) is 0. The molecule has 1 saturated carbocycles. The van der Waals surface area contributed by atoms with E-state index in [0.717, 1.165) is 22.9 Å². The first kappa shape index (κ1) is 24.5. The van der Waals surface area contributed by atoms with E-state index in [1.54, 1.807) is 11.0 Å². The minimum atomic E-state index is -0.105. The smallest absolute Gasteiger partial charge is 0.258 e. The number of halogens is 2. The Morgan fingerprint density at radius 1 is 1.33 bits per heavy atom. The number of amides is 1. The minimum Gasteiger partial charge on any atom is -0.490 e. The summed E-state index contributed by atoms with van der Waals surface area (Å²) in [6.07, 6.45) is 7.26. The zero-order valence-electron chi connectivity index (χ0n) is 16.8. The molecule has 0 radical (unpaired) electrons. The Bertz CT molecular complexity index is 885. The van der Waals surface area contributed by atoms with Crippen LogP contribution < -0.4 is 20.2 Å². The fourth-order valence-electron chi connectivity index (χ4n) is 3.32. The fourth-order valence-corrected chi connectivity index (χ4v) is 4.09. The van der Waals surface area contributed by atoms with Crippen molar-refractivity contribution >= 4 is 46.5 Å². The molecule has 0 bridgehead atoms. The first-order chi connectivity index (χ1) is 14.1. The van der Waals surface area contributed by atoms with E-state index in [-0.39, 0.29) is 31.0 Å². The number of rotatable bonds is 9. The lowest BCUT2D eigenvalue weighted by Crippen LogP contribution is -2.39. The largest absolute Gasteiger partial charge is 0.490 e. The summed E-state index contributed by atoms with van der Waals surface area (Å²) < 4.78 is 14.4. The van der Waals surface area contributed by atoms with E-state index >= 15 is 0 Å². The maximum Gasteiger partial charge on any atom is 0.258 e. The Labute approximate surface area is 195 Å². The van der Waals surface area contributed by atoms with Crippen LogP contribution in [0.5, 0.6) is 11.5 Å². The summed E-state index contributed by atoms with van der Waals surface area (Å²) in [6.45, 7) is 2.86. The maximum atomic E-state index is 12.3. The van der Waals surface area contributed by atoms with Gasteiger partial charge in [0, 0.05) is 6.04 Å². The fraction of sp³-hybridized carbons (Fsp3) is 0.526. The highest BCUT2D eigenvalue weighted by Gasteiger charge is 2.18. The van der Waals surface area contributed by atoms with Gasteiger partial charge < -0.3 is 20.2 Å². The number of ether oxygens (including phenoxy) is 2. The number of nitrogens with zero attached hydrogens (tertiary/aromatic N) is 2. The number of benzene rings is 1. The molecule has 1 amide bonds. The van der Waals surface area contributed by atoms with Crippen LogP contribution in [-0.4, -0.2) is 40.0 Å². The number of H-pyrrole nitrogens is 1. The van der Waals surface area contributed by atoms with Crippen LogP contribution in [0.25, 0.3) is 0 Å². The van der Waals surface area contributed by atoms with Gasteiger partial charge in [-0.05, 0) is 65.6 Å². The van der Waals surface area contributed by atoms with Crippen LogP contribution in [0, 0.1) is 4.77 Å². The Balaban J connectivity index is 0.00000320. The van der Waals surface area contributed by atoms with E-state index in [0.29, 0.717) is 29.4 Å². The molecule has 3 rings (SSSR count). The molecule has 1 aromatic carbocycles. The number of nitrogens with one attached hydrogen (secondary N) is 3. The molecule has 1 aromatic heterocycles. The standard InChI is InChI=1S/C19H26BrN5O3S.ClH/c1-2-27-16-9-13(10-22-25-12-21-24-19(25)29)8-15(20)18(16)28-11-17(26)23-14-6-4-3-5-7-14;/h8-9,12,14,22H,2-7,10-11H2,1H3,(H,23,26)(H,24,29);1H. The van der Waals surface area contributed by atoms with Gasteiger partial charge in [-0.2, -0.15) is 5.10 Å². The predicted molar refractivity (Wildman–Crippen MR) is 124 cm³/mol. The van der Waals surface area contributed by atoms with Crippen LogP contribution in [0.1, 0.15) is 44.6 Å². The molecule has 30 heavy (non-hydrogen) atoms. The van der Waals surface area contributed by atoms with Crippen LogP contribution in [-0.2, 0) is 11.3 Å². The van der Waals surface area contributed by atoms with Crippen LogP contribution in [0.15, 0.2) is 22.9 Å². The van der Waals surface area contributed by atoms with Gasteiger partial charge in [0.2, 0.25) is 4.77 Å². The third-order valence-electron chi connectivity index (χ3n) is 4.69. The topological polar surface area (TPSA) is 93.2 Å². The average molecular weight is 521 g/mol. The van der Waals surface area contributed by atoms with E-state index in [2.05, 4.69) is 36.9 Å². The van der Waals surface area contributed by atoms with Gasteiger partial charge in [0.1, 0.15) is 6.33 Å². The summed E-state index contributed by atoms with van der Waals surface area (Å²) in [5.41, 5.74) is 4.12. The van der Waals surface area contributed by atoms with Crippen molar-refractivity contribution < 1.29 is 14.3 Å². The zero-order chi connectivity index (χ0) is 20.6. The lowest BCUT2D eigenvalue weighted by Gasteiger charge is -2.23. The third kappa shape index (κ3) is 6.88. The van der Waals surface area contributed by atoms with Gasteiger partial charge in [0.15, 0.2) is 18.1 Å². The first-order valence-electron chi connectivity index (χ1n) is 9.80. The van der Waals surface area contributed by atoms with Gasteiger partial charge in [-0.15, -0.1) is 12.4 Å². The normalized spacial score (nSPS) is 13.9. The van der Waals surface area contributed by atoms with Crippen molar-refractivity contribution in [3.05, 3.63) is 33.3 Å². The number of hydrogen-bond acceptors (Lipinski definition) is 6. The maximum absolute atomic E-state index is 12.3. The van der Waals surface area contributed by atoms with E-state index in [1.807, 2.05) is 19.1 Å². The highest BCUT2D eigenvalue weighted by molar-refractivity contribution is 9.10. The van der Waals surface area contributed by atoms with Gasteiger partial charge in [-0.1, -0.05) is 19.3 Å². The summed E-state index contributed by atoms with van der Waals surface area (Å²) in [5, 5.41) is 9.62. The molecule has 11 heteroatoms. The van der Waals surface area contributed by atoms with Crippen LogP contribution in [0.4, 0.5) is 0 Å². The Morgan fingerprint density at radius 2 is 2.10 bits per heavy atom. The molecule has 1 heterocycles. The second kappa shape index (κ2) is 12.2. The van der Waals surface area contributed by atoms with Crippen molar-refractivity contribution in [1.29, 1.82) is 0 Å². The second-order valence-corrected chi connectivity index (χ2v) is 8.14. The van der Waals surface area contributed by atoms with Crippen LogP contribution in [0.2, 0.25) is 0 Å². The average Bonchev–Trinajstić information content (AvgIpc) is 3.11. The molecule has 0 spiro atoms. The van der Waals surface area contributed by atoms with E-state index in [9.17, 15) is 4.79 Å². The van der Waals surface area contributed by atoms with E-state index < -0.39 is 0 Å². The first-order valence-corrected chi connectivity index (χ1v) is 11.0. The number of hydrogen-bond donors (Lipinski definition) is 3. The van der Waals surface area contributed by atoms with Crippen molar-refractivity contribution in [2.45, 2.75) is 51.6 Å². The summed E-state index contributed by atoms with van der Waals surface area (Å²) in [6, 6.07) is 4.07. The number of carbonyl (C=O) groups is 1. The number of carbonyl (C=O) groups excluding carboxylic acids is 1. The molecule has 1 aliphatic rings. The SMILES string of the molecule is CCOc1cc(CNn2cn[nH]c2=S)cc(Br)c1OCC(=O)NC1CCCCC1.Cl. The second-order valence-electron chi connectivity index (χ2n) is 6.90. The van der Waals surface area contributed by atoms with E-state index in [1.165, 1.54) is 19.3 Å². The molecular formula is C19H27BrClN5O3S. The van der Waals surface area contributed by atoms with Gasteiger partial charge >= 0.3 is 0 Å². The van der Waals surface area contributed by atoms with Crippen molar-refractivity contribution in [3.63, 3.8) is 0 Å². The number of aromatic amines is 1. The van der Waals surface area contributed by atoms with Crippen molar-refractivity contribution in [2.75, 3.05) is 18.6 Å². The monoisotopic (exact) mass is 519 g/mol. The van der Waals surface area contributed by atoms with Crippen molar-refractivity contribution in [3.8, 4) is 11.5 Å². The van der Waals surface area contributed by atoms with Gasteiger partial charge in [-0.3, -0.25) is 9.89 Å². The molecule has 2 aromatic rings. The highest BCUT2D eigenvalue weighted by Crippen LogP contribution is 2.37. The molecule has 0 atom stereocenters.